The van der Waals surface area contributed by atoms with Crippen LogP contribution in [0.25, 0.3) is 11.1 Å². The molecule has 0 radical (unpaired) electrons. The van der Waals surface area contributed by atoms with Gasteiger partial charge in [-0.05, 0) is 98.4 Å². The molecule has 2 saturated carbocycles. The standard InChI is InChI=1S/C32H41F2NO/c1-4-5-6-7-21-8-9-26-17-25(15-14-24(26)16-21)22-10-12-23(13-11-22)27-18-28(33)30(29(34)19-27)31-35-32(2,3)20-36-31/h10-13,18-19,21,24-26H,4-9,14-17,20H2,1-3H3. The molecule has 0 aromatic heterocycles. The number of rotatable bonds is 7. The fourth-order valence-electron chi connectivity index (χ4n) is 6.84. The number of halogens is 2. The Kier molecular flexibility index (Phi) is 7.51. The Bertz CT molecular complexity index is 1070. The molecule has 0 spiro atoms. The first-order valence-corrected chi connectivity index (χ1v) is 14.2. The van der Waals surface area contributed by atoms with Crippen molar-refractivity contribution in [3.05, 3.63) is 59.2 Å². The van der Waals surface area contributed by atoms with Crippen molar-refractivity contribution in [2.45, 2.75) is 96.4 Å². The Labute approximate surface area is 215 Å². The van der Waals surface area contributed by atoms with Gasteiger partial charge in [0.05, 0.1) is 5.54 Å². The average molecular weight is 494 g/mol. The molecule has 4 atom stereocenters. The van der Waals surface area contributed by atoms with Gasteiger partial charge in [-0.2, -0.15) is 0 Å². The summed E-state index contributed by atoms with van der Waals surface area (Å²) in [6, 6.07) is 11.2. The zero-order valence-electron chi connectivity index (χ0n) is 22.2. The minimum absolute atomic E-state index is 0.0579. The lowest BCUT2D eigenvalue weighted by molar-refractivity contribution is 0.113. The molecule has 0 N–H and O–H groups in total. The van der Waals surface area contributed by atoms with Crippen molar-refractivity contribution >= 4 is 5.90 Å². The highest BCUT2D eigenvalue weighted by Crippen LogP contribution is 2.48. The highest BCUT2D eigenvalue weighted by atomic mass is 19.1. The zero-order chi connectivity index (χ0) is 25.3. The van der Waals surface area contributed by atoms with E-state index in [9.17, 15) is 8.78 Å². The summed E-state index contributed by atoms with van der Waals surface area (Å²) in [6.45, 7) is 6.39. The molecule has 4 heteroatoms. The second kappa shape index (κ2) is 10.6. The maximum atomic E-state index is 14.9. The summed E-state index contributed by atoms with van der Waals surface area (Å²) in [5.74, 6) is 2.15. The van der Waals surface area contributed by atoms with Crippen LogP contribution in [0.4, 0.5) is 8.78 Å². The van der Waals surface area contributed by atoms with E-state index >= 15 is 0 Å². The van der Waals surface area contributed by atoms with Gasteiger partial charge in [0.2, 0.25) is 5.90 Å². The van der Waals surface area contributed by atoms with Crippen LogP contribution in [0.5, 0.6) is 0 Å². The molecule has 2 aliphatic carbocycles. The quantitative estimate of drug-likeness (QED) is 0.353. The molecule has 3 aliphatic rings. The van der Waals surface area contributed by atoms with Crippen LogP contribution < -0.4 is 0 Å². The van der Waals surface area contributed by atoms with E-state index in [0.29, 0.717) is 18.1 Å². The van der Waals surface area contributed by atoms with Gasteiger partial charge in [-0.1, -0.05) is 63.3 Å². The first-order chi connectivity index (χ1) is 17.3. The molecule has 0 saturated heterocycles. The fourth-order valence-corrected chi connectivity index (χ4v) is 6.84. The van der Waals surface area contributed by atoms with E-state index in [2.05, 4.69) is 24.0 Å². The summed E-state index contributed by atoms with van der Waals surface area (Å²) >= 11 is 0. The number of unbranched alkanes of at least 4 members (excludes halogenated alkanes) is 2. The summed E-state index contributed by atoms with van der Waals surface area (Å²) in [5, 5.41) is 0. The van der Waals surface area contributed by atoms with Crippen molar-refractivity contribution in [2.75, 3.05) is 6.61 Å². The molecule has 2 aromatic rings. The maximum absolute atomic E-state index is 14.9. The summed E-state index contributed by atoms with van der Waals surface area (Å²) in [4.78, 5) is 4.34. The van der Waals surface area contributed by atoms with Gasteiger partial charge in [-0.3, -0.25) is 0 Å². The van der Waals surface area contributed by atoms with E-state index in [1.165, 1.54) is 81.9 Å². The Morgan fingerprint density at radius 2 is 1.58 bits per heavy atom. The first-order valence-electron chi connectivity index (χ1n) is 14.2. The number of aliphatic imine (C=N–C) groups is 1. The van der Waals surface area contributed by atoms with Gasteiger partial charge < -0.3 is 4.74 Å². The molecule has 36 heavy (non-hydrogen) atoms. The highest BCUT2D eigenvalue weighted by Gasteiger charge is 2.36. The van der Waals surface area contributed by atoms with Crippen molar-refractivity contribution in [3.63, 3.8) is 0 Å². The number of ether oxygens (including phenoxy) is 1. The third kappa shape index (κ3) is 5.53. The number of fused-ring (bicyclic) bond motifs is 1. The largest absolute Gasteiger partial charge is 0.475 e. The van der Waals surface area contributed by atoms with Crippen molar-refractivity contribution in [2.24, 2.45) is 22.7 Å². The lowest BCUT2D eigenvalue weighted by atomic mass is 9.63. The predicted molar refractivity (Wildman–Crippen MR) is 143 cm³/mol. The van der Waals surface area contributed by atoms with Gasteiger partial charge in [0, 0.05) is 0 Å². The summed E-state index contributed by atoms with van der Waals surface area (Å²) < 4.78 is 35.4. The van der Waals surface area contributed by atoms with Crippen LogP contribution >= 0.6 is 0 Å². The molecule has 0 amide bonds. The van der Waals surface area contributed by atoms with Crippen molar-refractivity contribution in [1.82, 2.24) is 0 Å². The van der Waals surface area contributed by atoms with E-state index in [-0.39, 0.29) is 11.5 Å². The SMILES string of the molecule is CCCCCC1CCC2CC(c3ccc(-c4cc(F)c(C5=NC(C)(C)CO5)c(F)c4)cc3)CCC2C1. The van der Waals surface area contributed by atoms with Gasteiger partial charge in [0.25, 0.3) is 0 Å². The van der Waals surface area contributed by atoms with Gasteiger partial charge in [0.1, 0.15) is 23.8 Å². The predicted octanol–water partition coefficient (Wildman–Crippen LogP) is 9.07. The third-order valence-corrected chi connectivity index (χ3v) is 8.88. The van der Waals surface area contributed by atoms with E-state index in [1.54, 1.807) is 0 Å². The van der Waals surface area contributed by atoms with E-state index in [0.717, 1.165) is 23.3 Å². The molecule has 5 rings (SSSR count). The topological polar surface area (TPSA) is 21.6 Å². The van der Waals surface area contributed by atoms with Crippen LogP contribution in [-0.2, 0) is 4.74 Å². The minimum atomic E-state index is -0.630. The van der Waals surface area contributed by atoms with Gasteiger partial charge in [-0.15, -0.1) is 0 Å². The van der Waals surface area contributed by atoms with Gasteiger partial charge in [-0.25, -0.2) is 13.8 Å². The molecule has 2 aromatic carbocycles. The van der Waals surface area contributed by atoms with Crippen LogP contribution in [0.15, 0.2) is 41.4 Å². The molecule has 2 fully saturated rings. The first kappa shape index (κ1) is 25.4. The van der Waals surface area contributed by atoms with E-state index in [4.69, 9.17) is 4.74 Å². The molecular formula is C32H41F2NO. The van der Waals surface area contributed by atoms with Crippen molar-refractivity contribution in [1.29, 1.82) is 0 Å². The molecule has 1 heterocycles. The van der Waals surface area contributed by atoms with Gasteiger partial charge >= 0.3 is 0 Å². The number of nitrogens with zero attached hydrogens (tertiary/aromatic N) is 1. The van der Waals surface area contributed by atoms with Crippen LogP contribution in [0, 0.1) is 29.4 Å². The van der Waals surface area contributed by atoms with Gasteiger partial charge in [0.15, 0.2) is 0 Å². The fraction of sp³-hybridized carbons (Fsp3) is 0.594. The molecular weight excluding hydrogens is 452 g/mol. The third-order valence-electron chi connectivity index (χ3n) is 8.88. The summed E-state index contributed by atoms with van der Waals surface area (Å²) in [6.07, 6.45) is 13.7. The Morgan fingerprint density at radius 3 is 2.25 bits per heavy atom. The van der Waals surface area contributed by atoms with Crippen LogP contribution in [0.1, 0.15) is 102 Å². The Morgan fingerprint density at radius 1 is 0.889 bits per heavy atom. The number of hydrogen-bond acceptors (Lipinski definition) is 2. The second-order valence-electron chi connectivity index (χ2n) is 12.2. The molecule has 0 bridgehead atoms. The lowest BCUT2D eigenvalue weighted by Crippen LogP contribution is -2.30. The summed E-state index contributed by atoms with van der Waals surface area (Å²) in [7, 11) is 0. The van der Waals surface area contributed by atoms with Crippen molar-refractivity contribution < 1.29 is 13.5 Å². The van der Waals surface area contributed by atoms with E-state index in [1.807, 2.05) is 26.0 Å². The summed E-state index contributed by atoms with van der Waals surface area (Å²) in [5.41, 5.74) is 2.12. The Balaban J connectivity index is 1.24. The van der Waals surface area contributed by atoms with Crippen molar-refractivity contribution in [3.8, 4) is 11.1 Å². The second-order valence-corrected chi connectivity index (χ2v) is 12.2. The molecule has 2 nitrogen and oxygen atoms in total. The Hall–Kier alpha value is -2.23. The monoisotopic (exact) mass is 493 g/mol. The molecule has 194 valence electrons. The lowest BCUT2D eigenvalue weighted by Gasteiger charge is -2.42. The van der Waals surface area contributed by atoms with Crippen LogP contribution in [-0.4, -0.2) is 18.0 Å². The smallest absolute Gasteiger partial charge is 0.222 e. The number of hydrogen-bond donors (Lipinski definition) is 0. The number of benzene rings is 2. The zero-order valence-corrected chi connectivity index (χ0v) is 22.2. The molecule has 1 aliphatic heterocycles. The van der Waals surface area contributed by atoms with Crippen LogP contribution in [0.2, 0.25) is 0 Å². The minimum Gasteiger partial charge on any atom is -0.475 e. The van der Waals surface area contributed by atoms with E-state index < -0.39 is 17.2 Å². The average Bonchev–Trinajstić information content (AvgIpc) is 3.22. The highest BCUT2D eigenvalue weighted by molar-refractivity contribution is 5.96. The maximum Gasteiger partial charge on any atom is 0.222 e. The normalized spacial score (nSPS) is 27.3. The van der Waals surface area contributed by atoms with Crippen LogP contribution in [0.3, 0.4) is 0 Å². The molecule has 4 unspecified atom stereocenters.